The van der Waals surface area contributed by atoms with Gasteiger partial charge in [-0.05, 0) is 26.7 Å². The predicted molar refractivity (Wildman–Crippen MR) is 84.1 cm³/mol. The molecule has 2 heterocycles. The second-order valence-corrected chi connectivity index (χ2v) is 7.46. The molecule has 2 atom stereocenters. The van der Waals surface area contributed by atoms with Crippen molar-refractivity contribution in [1.82, 2.24) is 15.1 Å². The Hall–Kier alpha value is -1.34. The van der Waals surface area contributed by atoms with E-state index in [1.165, 1.54) is 0 Å². The number of ether oxygens (including phenoxy) is 2. The number of methoxy groups -OCH3 is 1. The molecule has 3 fully saturated rings. The summed E-state index contributed by atoms with van der Waals surface area (Å²) in [5.74, 6) is 0.164. The van der Waals surface area contributed by atoms with Crippen molar-refractivity contribution in [3.63, 3.8) is 0 Å². The zero-order valence-electron chi connectivity index (χ0n) is 14.2. The van der Waals surface area contributed by atoms with E-state index in [-0.39, 0.29) is 24.1 Å². The average Bonchev–Trinajstić information content (AvgIpc) is 3.22. The molecule has 7 heteroatoms. The van der Waals surface area contributed by atoms with Crippen molar-refractivity contribution in [3.8, 4) is 0 Å². The summed E-state index contributed by atoms with van der Waals surface area (Å²) >= 11 is 0. The number of urea groups is 1. The predicted octanol–water partition coefficient (Wildman–Crippen LogP) is 0.585. The molecular formula is C16H27N3O4. The molecule has 0 aromatic carbocycles. The quantitative estimate of drug-likeness (QED) is 0.821. The third kappa shape index (κ3) is 3.95. The van der Waals surface area contributed by atoms with Gasteiger partial charge >= 0.3 is 6.03 Å². The van der Waals surface area contributed by atoms with Crippen LogP contribution < -0.4 is 5.32 Å². The Bertz CT molecular complexity index is 478. The van der Waals surface area contributed by atoms with Crippen molar-refractivity contribution in [2.75, 3.05) is 33.4 Å². The number of hydrogen-bond donors (Lipinski definition) is 1. The normalized spacial score (nSPS) is 30.7. The van der Waals surface area contributed by atoms with E-state index in [4.69, 9.17) is 9.47 Å². The molecule has 1 aliphatic carbocycles. The maximum absolute atomic E-state index is 12.6. The van der Waals surface area contributed by atoms with Gasteiger partial charge in [-0.1, -0.05) is 0 Å². The van der Waals surface area contributed by atoms with Crippen molar-refractivity contribution in [3.05, 3.63) is 0 Å². The van der Waals surface area contributed by atoms with Crippen LogP contribution in [0.3, 0.4) is 0 Å². The zero-order valence-corrected chi connectivity index (χ0v) is 14.2. The minimum atomic E-state index is -0.398. The van der Waals surface area contributed by atoms with Gasteiger partial charge in [0.05, 0.1) is 37.4 Å². The number of morpholine rings is 1. The number of amides is 3. The summed E-state index contributed by atoms with van der Waals surface area (Å²) in [5.41, 5.74) is -0.398. The number of nitrogens with zero attached hydrogens (tertiary/aromatic N) is 2. The first-order chi connectivity index (χ1) is 10.9. The van der Waals surface area contributed by atoms with Gasteiger partial charge in [0.25, 0.3) is 0 Å². The number of hydrogen-bond acceptors (Lipinski definition) is 4. The van der Waals surface area contributed by atoms with Crippen LogP contribution in [0.1, 0.15) is 33.1 Å². The molecule has 2 unspecified atom stereocenters. The van der Waals surface area contributed by atoms with E-state index in [2.05, 4.69) is 5.32 Å². The van der Waals surface area contributed by atoms with Crippen LogP contribution in [-0.2, 0) is 14.3 Å². The second kappa shape index (κ2) is 6.28. The maximum atomic E-state index is 12.6. The van der Waals surface area contributed by atoms with Crippen molar-refractivity contribution in [1.29, 1.82) is 0 Å². The van der Waals surface area contributed by atoms with E-state index < -0.39 is 5.60 Å². The van der Waals surface area contributed by atoms with Gasteiger partial charge in [0, 0.05) is 26.1 Å². The molecule has 1 N–H and O–H groups in total. The number of rotatable bonds is 4. The molecular weight excluding hydrogens is 298 g/mol. The van der Waals surface area contributed by atoms with Crippen LogP contribution >= 0.6 is 0 Å². The van der Waals surface area contributed by atoms with Gasteiger partial charge < -0.3 is 24.6 Å². The Balaban J connectivity index is 1.55. The first-order valence-electron chi connectivity index (χ1n) is 8.39. The van der Waals surface area contributed by atoms with Crippen LogP contribution in [0.5, 0.6) is 0 Å². The van der Waals surface area contributed by atoms with E-state index >= 15 is 0 Å². The first kappa shape index (κ1) is 16.5. The fraction of sp³-hybridized carbons (Fsp3) is 0.875. The Labute approximate surface area is 137 Å². The number of carbonyl (C=O) groups excluding carboxylic acids is 2. The van der Waals surface area contributed by atoms with Crippen LogP contribution in [0.4, 0.5) is 4.79 Å². The molecule has 1 saturated carbocycles. The second-order valence-electron chi connectivity index (χ2n) is 7.46. The van der Waals surface area contributed by atoms with Gasteiger partial charge in [0.15, 0.2) is 0 Å². The summed E-state index contributed by atoms with van der Waals surface area (Å²) in [7, 11) is 1.63. The minimum absolute atomic E-state index is 0.0811. The molecule has 7 nitrogen and oxygen atoms in total. The molecule has 0 aromatic rings. The highest BCUT2D eigenvalue weighted by molar-refractivity contribution is 5.82. The molecule has 0 spiro atoms. The van der Waals surface area contributed by atoms with Crippen molar-refractivity contribution >= 4 is 11.9 Å². The summed E-state index contributed by atoms with van der Waals surface area (Å²) < 4.78 is 11.1. The van der Waals surface area contributed by atoms with Gasteiger partial charge in [-0.2, -0.15) is 0 Å². The number of likely N-dealkylation sites (tertiary alicyclic amines) is 1. The van der Waals surface area contributed by atoms with E-state index in [1.807, 2.05) is 18.7 Å². The van der Waals surface area contributed by atoms with Crippen molar-refractivity contribution in [2.24, 2.45) is 0 Å². The first-order valence-corrected chi connectivity index (χ1v) is 8.39. The topological polar surface area (TPSA) is 71.1 Å². The lowest BCUT2D eigenvalue weighted by atomic mass is 10.1. The van der Waals surface area contributed by atoms with E-state index in [9.17, 15) is 9.59 Å². The third-order valence-corrected chi connectivity index (χ3v) is 4.59. The molecule has 3 rings (SSSR count). The van der Waals surface area contributed by atoms with E-state index in [1.54, 1.807) is 12.0 Å². The minimum Gasteiger partial charge on any atom is -0.382 e. The third-order valence-electron chi connectivity index (χ3n) is 4.59. The number of carbonyl (C=O) groups is 2. The molecule has 3 amide bonds. The monoisotopic (exact) mass is 325 g/mol. The highest BCUT2D eigenvalue weighted by atomic mass is 16.5. The zero-order chi connectivity index (χ0) is 16.6. The highest BCUT2D eigenvalue weighted by Crippen LogP contribution is 2.30. The summed E-state index contributed by atoms with van der Waals surface area (Å²) in [5, 5.41) is 3.02. The molecule has 0 aromatic heterocycles. The fourth-order valence-corrected chi connectivity index (χ4v) is 3.56. The van der Waals surface area contributed by atoms with Gasteiger partial charge in [-0.25, -0.2) is 4.79 Å². The smallest absolute Gasteiger partial charge is 0.317 e. The Morgan fingerprint density at radius 2 is 2.13 bits per heavy atom. The fourth-order valence-electron chi connectivity index (χ4n) is 3.56. The summed E-state index contributed by atoms with van der Waals surface area (Å²) in [4.78, 5) is 28.3. The van der Waals surface area contributed by atoms with Gasteiger partial charge in [0.1, 0.15) is 0 Å². The SMILES string of the molecule is COCC1CN(C(=O)NC2CC(=O)N(C3CC3)C2)CC(C)(C)O1. The van der Waals surface area contributed by atoms with Crippen LogP contribution in [0.25, 0.3) is 0 Å². The van der Waals surface area contributed by atoms with Crippen molar-refractivity contribution in [2.45, 2.75) is 56.9 Å². The van der Waals surface area contributed by atoms with Gasteiger partial charge in [-0.15, -0.1) is 0 Å². The van der Waals surface area contributed by atoms with E-state index in [0.29, 0.717) is 38.7 Å². The summed E-state index contributed by atoms with van der Waals surface area (Å²) in [6, 6.07) is 0.221. The van der Waals surface area contributed by atoms with Crippen LogP contribution in [0.2, 0.25) is 0 Å². The average molecular weight is 325 g/mol. The molecule has 0 bridgehead atoms. The molecule has 23 heavy (non-hydrogen) atoms. The lowest BCUT2D eigenvalue weighted by Gasteiger charge is -2.42. The van der Waals surface area contributed by atoms with Crippen LogP contribution in [-0.4, -0.2) is 78.9 Å². The van der Waals surface area contributed by atoms with Crippen LogP contribution in [0.15, 0.2) is 0 Å². The number of nitrogens with one attached hydrogen (secondary N) is 1. The summed E-state index contributed by atoms with van der Waals surface area (Å²) in [6.45, 7) is 6.10. The Morgan fingerprint density at radius 3 is 2.78 bits per heavy atom. The Morgan fingerprint density at radius 1 is 1.39 bits per heavy atom. The highest BCUT2D eigenvalue weighted by Gasteiger charge is 2.41. The molecule has 2 aliphatic heterocycles. The van der Waals surface area contributed by atoms with Gasteiger partial charge in [-0.3, -0.25) is 4.79 Å². The van der Waals surface area contributed by atoms with E-state index in [0.717, 1.165) is 12.8 Å². The molecule has 0 radical (unpaired) electrons. The standard InChI is InChI=1S/C16H27N3O4/c1-16(2)10-18(8-13(23-16)9-22-3)15(21)17-11-6-14(20)19(7-11)12-4-5-12/h11-13H,4-10H2,1-3H3,(H,17,21). The summed E-state index contributed by atoms with van der Waals surface area (Å²) in [6.07, 6.45) is 2.49. The lowest BCUT2D eigenvalue weighted by molar-refractivity contribution is -0.142. The largest absolute Gasteiger partial charge is 0.382 e. The van der Waals surface area contributed by atoms with Gasteiger partial charge in [0.2, 0.25) is 5.91 Å². The van der Waals surface area contributed by atoms with Crippen LogP contribution in [0, 0.1) is 0 Å². The molecule has 130 valence electrons. The molecule has 3 aliphatic rings. The maximum Gasteiger partial charge on any atom is 0.317 e. The van der Waals surface area contributed by atoms with Crippen molar-refractivity contribution < 1.29 is 19.1 Å². The lowest BCUT2D eigenvalue weighted by Crippen LogP contribution is -2.59. The Kier molecular flexibility index (Phi) is 4.51. The molecule has 2 saturated heterocycles.